The number of carbonyl (C=O) groups is 1. The van der Waals surface area contributed by atoms with Crippen molar-refractivity contribution >= 4 is 22.6 Å². The van der Waals surface area contributed by atoms with E-state index in [0.29, 0.717) is 13.0 Å². The van der Waals surface area contributed by atoms with Crippen LogP contribution >= 0.6 is 0 Å². The molecule has 0 spiro atoms. The molecule has 0 fully saturated rings. The van der Waals surface area contributed by atoms with Gasteiger partial charge in [0.05, 0.1) is 11.4 Å². The number of carbonyl (C=O) groups excluding carboxylic acids is 1. The van der Waals surface area contributed by atoms with Crippen LogP contribution in [0.3, 0.4) is 0 Å². The van der Waals surface area contributed by atoms with Crippen molar-refractivity contribution in [2.45, 2.75) is 6.42 Å². The normalized spacial score (nSPS) is 10.9. The molecule has 0 bridgehead atoms. The van der Waals surface area contributed by atoms with Gasteiger partial charge in [0.25, 0.3) is 0 Å². The predicted octanol–water partition coefficient (Wildman–Crippen LogP) is 3.76. The molecule has 0 aliphatic rings. The Balaban J connectivity index is 1.66. The maximum atomic E-state index is 12.1. The average molecular weight is 371 g/mol. The smallest absolute Gasteiger partial charge is 0.319 e. The Labute approximate surface area is 163 Å². The maximum Gasteiger partial charge on any atom is 0.319 e. The van der Waals surface area contributed by atoms with Crippen LogP contribution in [-0.2, 0) is 13.5 Å². The largest absolute Gasteiger partial charge is 0.351 e. The van der Waals surface area contributed by atoms with Crippen molar-refractivity contribution in [1.82, 2.24) is 14.5 Å². The third kappa shape index (κ3) is 3.44. The van der Waals surface area contributed by atoms with Gasteiger partial charge in [-0.05, 0) is 60.5 Å². The molecule has 0 unspecified atom stereocenters. The van der Waals surface area contributed by atoms with Gasteiger partial charge in [-0.25, -0.2) is 4.79 Å². The molecule has 6 heteroatoms. The summed E-state index contributed by atoms with van der Waals surface area (Å²) in [6.07, 6.45) is 5.99. The topological polar surface area (TPSA) is 77.0 Å². The number of primary amides is 1. The number of hydrogen-bond acceptors (Lipinski definition) is 3. The van der Waals surface area contributed by atoms with Crippen molar-refractivity contribution in [3.05, 3.63) is 78.8 Å². The summed E-state index contributed by atoms with van der Waals surface area (Å²) in [5.74, 6) is 0. The summed E-state index contributed by atoms with van der Waals surface area (Å²) in [7, 11) is 2.02. The number of anilines is 1. The third-order valence-corrected chi connectivity index (χ3v) is 4.90. The highest BCUT2D eigenvalue weighted by Crippen LogP contribution is 2.29. The number of pyridine rings is 2. The second-order valence-electron chi connectivity index (χ2n) is 6.64. The molecule has 6 nitrogen and oxygen atoms in total. The van der Waals surface area contributed by atoms with Gasteiger partial charge in [-0.2, -0.15) is 0 Å². The zero-order valence-electron chi connectivity index (χ0n) is 15.6. The third-order valence-electron chi connectivity index (χ3n) is 4.90. The highest BCUT2D eigenvalue weighted by molar-refractivity contribution is 5.95. The van der Waals surface area contributed by atoms with Gasteiger partial charge in [0, 0.05) is 48.8 Å². The van der Waals surface area contributed by atoms with E-state index >= 15 is 0 Å². The molecule has 4 aromatic rings. The van der Waals surface area contributed by atoms with Crippen LogP contribution in [0.15, 0.2) is 73.2 Å². The van der Waals surface area contributed by atoms with Gasteiger partial charge in [-0.3, -0.25) is 14.9 Å². The van der Waals surface area contributed by atoms with E-state index in [1.54, 1.807) is 23.5 Å². The van der Waals surface area contributed by atoms with Crippen molar-refractivity contribution in [2.24, 2.45) is 12.8 Å². The van der Waals surface area contributed by atoms with Crippen molar-refractivity contribution in [1.29, 1.82) is 0 Å². The summed E-state index contributed by atoms with van der Waals surface area (Å²) < 4.78 is 2.10. The Morgan fingerprint density at radius 3 is 2.61 bits per heavy atom. The summed E-state index contributed by atoms with van der Waals surface area (Å²) in [4.78, 5) is 22.1. The average Bonchev–Trinajstić information content (AvgIpc) is 3.05. The van der Waals surface area contributed by atoms with Gasteiger partial charge in [0.15, 0.2) is 0 Å². The Bertz CT molecular complexity index is 1110. The zero-order valence-corrected chi connectivity index (χ0v) is 15.6. The molecular formula is C22H21N5O. The number of fused-ring (bicyclic) bond motifs is 1. The van der Waals surface area contributed by atoms with E-state index in [4.69, 9.17) is 5.73 Å². The van der Waals surface area contributed by atoms with Crippen molar-refractivity contribution in [3.8, 4) is 11.4 Å². The second kappa shape index (κ2) is 7.52. The highest BCUT2D eigenvalue weighted by Gasteiger charge is 2.15. The minimum atomic E-state index is -0.464. The molecule has 3 heterocycles. The first kappa shape index (κ1) is 17.7. The summed E-state index contributed by atoms with van der Waals surface area (Å²) >= 11 is 0. The quantitative estimate of drug-likeness (QED) is 0.580. The van der Waals surface area contributed by atoms with Crippen LogP contribution in [0.5, 0.6) is 0 Å². The summed E-state index contributed by atoms with van der Waals surface area (Å²) in [6.45, 7) is 0.505. The molecule has 0 atom stereocenters. The van der Waals surface area contributed by atoms with E-state index in [9.17, 15) is 4.79 Å². The van der Waals surface area contributed by atoms with E-state index in [2.05, 4.69) is 20.6 Å². The fourth-order valence-electron chi connectivity index (χ4n) is 3.42. The van der Waals surface area contributed by atoms with Gasteiger partial charge in [-0.15, -0.1) is 0 Å². The van der Waals surface area contributed by atoms with Crippen LogP contribution in [0.1, 0.15) is 5.56 Å². The standard InChI is InChI=1S/C22H21N5O/c1-26-20-6-5-18(14-17(20)15-21(26)19-4-2-3-10-25-19)27(22(23)28)13-9-16-7-11-24-12-8-16/h2-8,10-12,14-15H,9,13H2,1H3,(H2,23,28). The second-order valence-corrected chi connectivity index (χ2v) is 6.64. The Morgan fingerprint density at radius 2 is 1.89 bits per heavy atom. The van der Waals surface area contributed by atoms with E-state index in [1.807, 2.05) is 55.6 Å². The zero-order chi connectivity index (χ0) is 19.5. The highest BCUT2D eigenvalue weighted by atomic mass is 16.2. The lowest BCUT2D eigenvalue weighted by molar-refractivity contribution is 0.254. The number of aromatic nitrogens is 3. The van der Waals surface area contributed by atoms with Crippen molar-refractivity contribution in [2.75, 3.05) is 11.4 Å². The van der Waals surface area contributed by atoms with Crippen LogP contribution in [0.2, 0.25) is 0 Å². The molecular weight excluding hydrogens is 350 g/mol. The lowest BCUT2D eigenvalue weighted by Crippen LogP contribution is -2.37. The molecule has 2 amide bonds. The van der Waals surface area contributed by atoms with Gasteiger partial charge in [0.2, 0.25) is 0 Å². The van der Waals surface area contributed by atoms with E-state index in [0.717, 1.165) is 33.5 Å². The van der Waals surface area contributed by atoms with E-state index in [-0.39, 0.29) is 0 Å². The Kier molecular flexibility index (Phi) is 4.76. The molecule has 2 N–H and O–H groups in total. The van der Waals surface area contributed by atoms with Crippen LogP contribution in [0.25, 0.3) is 22.3 Å². The van der Waals surface area contributed by atoms with Gasteiger partial charge in [-0.1, -0.05) is 6.07 Å². The van der Waals surface area contributed by atoms with Crippen LogP contribution in [0.4, 0.5) is 10.5 Å². The molecule has 1 aromatic carbocycles. The number of rotatable bonds is 5. The first-order chi connectivity index (χ1) is 13.6. The molecule has 0 aliphatic carbocycles. The number of urea groups is 1. The van der Waals surface area contributed by atoms with Crippen molar-refractivity contribution < 1.29 is 4.79 Å². The number of benzene rings is 1. The SMILES string of the molecule is Cn1c(-c2ccccn2)cc2cc(N(CCc3ccncc3)C(N)=O)ccc21. The lowest BCUT2D eigenvalue weighted by atomic mass is 10.1. The fourth-order valence-corrected chi connectivity index (χ4v) is 3.42. The number of nitrogens with zero attached hydrogens (tertiary/aromatic N) is 4. The Morgan fingerprint density at radius 1 is 1.07 bits per heavy atom. The van der Waals surface area contributed by atoms with Crippen molar-refractivity contribution in [3.63, 3.8) is 0 Å². The number of nitrogens with two attached hydrogens (primary N) is 1. The number of amides is 2. The summed E-state index contributed by atoms with van der Waals surface area (Å²) in [5, 5.41) is 1.04. The first-order valence-corrected chi connectivity index (χ1v) is 9.10. The monoisotopic (exact) mass is 371 g/mol. The molecule has 0 radical (unpaired) electrons. The molecule has 0 saturated carbocycles. The minimum absolute atomic E-state index is 0.464. The molecule has 28 heavy (non-hydrogen) atoms. The van der Waals surface area contributed by atoms with Crippen LogP contribution in [0, 0.1) is 0 Å². The predicted molar refractivity (Wildman–Crippen MR) is 111 cm³/mol. The molecule has 140 valence electrons. The number of hydrogen-bond donors (Lipinski definition) is 1. The minimum Gasteiger partial charge on any atom is -0.351 e. The van der Waals surface area contributed by atoms with Gasteiger partial charge in [0.1, 0.15) is 0 Å². The summed E-state index contributed by atoms with van der Waals surface area (Å²) in [6, 6.07) is 17.3. The van der Waals surface area contributed by atoms with Gasteiger partial charge >= 0.3 is 6.03 Å². The molecule has 4 rings (SSSR count). The number of aryl methyl sites for hydroxylation is 1. The van der Waals surface area contributed by atoms with E-state index in [1.165, 1.54) is 0 Å². The lowest BCUT2D eigenvalue weighted by Gasteiger charge is -2.20. The van der Waals surface area contributed by atoms with E-state index < -0.39 is 6.03 Å². The first-order valence-electron chi connectivity index (χ1n) is 9.10. The summed E-state index contributed by atoms with van der Waals surface area (Å²) in [5.41, 5.74) is 10.6. The van der Waals surface area contributed by atoms with Crippen LogP contribution in [-0.4, -0.2) is 27.1 Å². The fraction of sp³-hybridized carbons (Fsp3) is 0.136. The molecule has 0 saturated heterocycles. The Hall–Kier alpha value is -3.67. The maximum absolute atomic E-state index is 12.1. The molecule has 3 aromatic heterocycles. The van der Waals surface area contributed by atoms with Crippen LogP contribution < -0.4 is 10.6 Å². The van der Waals surface area contributed by atoms with Gasteiger partial charge < -0.3 is 10.3 Å². The molecule has 0 aliphatic heterocycles.